The molecule has 0 heterocycles. The van der Waals surface area contributed by atoms with Crippen molar-refractivity contribution in [2.75, 3.05) is 12.3 Å². The molecule has 0 unspecified atom stereocenters. The summed E-state index contributed by atoms with van der Waals surface area (Å²) in [5.41, 5.74) is 9.72. The fourth-order valence-corrected chi connectivity index (χ4v) is 2.46. The fourth-order valence-electron chi connectivity index (χ4n) is 2.46. The minimum Gasteiger partial charge on any atom is -0.508 e. The number of rotatable bonds is 5. The molecule has 132 valence electrons. The van der Waals surface area contributed by atoms with Gasteiger partial charge in [0.05, 0.1) is 6.61 Å². The van der Waals surface area contributed by atoms with Gasteiger partial charge in [0, 0.05) is 11.3 Å². The summed E-state index contributed by atoms with van der Waals surface area (Å²) in [6, 6.07) is 11.8. The Hall–Kier alpha value is -2.16. The van der Waals surface area contributed by atoms with Gasteiger partial charge in [0.15, 0.2) is 0 Å². The molecule has 0 aromatic heterocycles. The number of benzene rings is 2. The third-order valence-corrected chi connectivity index (χ3v) is 3.74. The molecule has 0 aliphatic carbocycles. The number of hydrogen-bond acceptors (Lipinski definition) is 3. The van der Waals surface area contributed by atoms with E-state index in [-0.39, 0.29) is 0 Å². The maximum Gasteiger partial charge on any atom is 0.123 e. The topological polar surface area (TPSA) is 55.5 Å². The van der Waals surface area contributed by atoms with Gasteiger partial charge in [-0.3, -0.25) is 0 Å². The molecule has 3 heteroatoms. The van der Waals surface area contributed by atoms with Gasteiger partial charge in [-0.25, -0.2) is 0 Å². The van der Waals surface area contributed by atoms with Crippen LogP contribution >= 0.6 is 0 Å². The second kappa shape index (κ2) is 9.86. The Morgan fingerprint density at radius 1 is 1.12 bits per heavy atom. The van der Waals surface area contributed by atoms with Crippen LogP contribution in [0.3, 0.4) is 0 Å². The maximum absolute atomic E-state index is 9.59. The van der Waals surface area contributed by atoms with Gasteiger partial charge in [0.2, 0.25) is 0 Å². The lowest BCUT2D eigenvalue weighted by atomic mass is 10.00. The molecule has 0 saturated heterocycles. The molecule has 2 rings (SSSR count). The predicted octanol–water partition coefficient (Wildman–Crippen LogP) is 5.44. The molecule has 0 bridgehead atoms. The van der Waals surface area contributed by atoms with Crippen LogP contribution in [0.2, 0.25) is 0 Å². The first-order chi connectivity index (χ1) is 11.4. The minimum absolute atomic E-state index is 0.345. The van der Waals surface area contributed by atoms with E-state index in [0.29, 0.717) is 18.3 Å². The van der Waals surface area contributed by atoms with Gasteiger partial charge in [-0.2, -0.15) is 0 Å². The summed E-state index contributed by atoms with van der Waals surface area (Å²) in [7, 11) is 0. The summed E-state index contributed by atoms with van der Waals surface area (Å²) < 4.78 is 5.52. The second-order valence-electron chi connectivity index (χ2n) is 6.26. The van der Waals surface area contributed by atoms with E-state index in [9.17, 15) is 5.11 Å². The van der Waals surface area contributed by atoms with E-state index in [4.69, 9.17) is 10.5 Å². The second-order valence-corrected chi connectivity index (χ2v) is 6.26. The Morgan fingerprint density at radius 2 is 1.83 bits per heavy atom. The molecule has 3 N–H and O–H groups in total. The van der Waals surface area contributed by atoms with E-state index in [1.807, 2.05) is 38.1 Å². The van der Waals surface area contributed by atoms with Gasteiger partial charge in [0.1, 0.15) is 11.5 Å². The van der Waals surface area contributed by atoms with Crippen LogP contribution in [0.1, 0.15) is 56.7 Å². The number of phenols is 1. The lowest BCUT2D eigenvalue weighted by Crippen LogP contribution is -1.98. The van der Waals surface area contributed by atoms with E-state index in [1.165, 1.54) is 12.0 Å². The molecule has 0 aliphatic rings. The van der Waals surface area contributed by atoms with Crippen molar-refractivity contribution in [2.24, 2.45) is 0 Å². The average Bonchev–Trinajstić information content (AvgIpc) is 2.52. The summed E-state index contributed by atoms with van der Waals surface area (Å²) in [5, 5.41) is 9.59. The number of nitrogens with two attached hydrogens (primary N) is 1. The van der Waals surface area contributed by atoms with Crippen molar-refractivity contribution in [1.29, 1.82) is 0 Å². The van der Waals surface area contributed by atoms with Crippen molar-refractivity contribution in [1.82, 2.24) is 0 Å². The smallest absolute Gasteiger partial charge is 0.123 e. The Balaban J connectivity index is 0.000000254. The molecule has 0 fully saturated rings. The third-order valence-electron chi connectivity index (χ3n) is 3.74. The summed E-state index contributed by atoms with van der Waals surface area (Å²) in [6.45, 7) is 10.8. The number of aromatic hydroxyl groups is 1. The van der Waals surface area contributed by atoms with Crippen molar-refractivity contribution in [3.63, 3.8) is 0 Å². The molecule has 0 spiro atoms. The first-order valence-corrected chi connectivity index (χ1v) is 8.69. The monoisotopic (exact) mass is 329 g/mol. The van der Waals surface area contributed by atoms with Crippen molar-refractivity contribution in [3.05, 3.63) is 53.1 Å². The number of phenolic OH excluding ortho intramolecular Hbond substituents is 1. The van der Waals surface area contributed by atoms with Crippen LogP contribution in [-0.4, -0.2) is 11.7 Å². The summed E-state index contributed by atoms with van der Waals surface area (Å²) >= 11 is 0. The Kier molecular flexibility index (Phi) is 8.17. The van der Waals surface area contributed by atoms with Gasteiger partial charge in [-0.15, -0.1) is 0 Å². The zero-order chi connectivity index (χ0) is 18.1. The van der Waals surface area contributed by atoms with E-state index in [0.717, 1.165) is 29.0 Å². The molecule has 0 saturated carbocycles. The summed E-state index contributed by atoms with van der Waals surface area (Å²) in [4.78, 5) is 0. The normalized spacial score (nSPS) is 10.2. The number of anilines is 1. The molecule has 0 radical (unpaired) electrons. The fraction of sp³-hybridized carbons (Fsp3) is 0.429. The highest BCUT2D eigenvalue weighted by atomic mass is 16.5. The number of aryl methyl sites for hydroxylation is 2. The molecular formula is C21H31NO2. The molecule has 2 aromatic rings. The number of nitrogen functional groups attached to an aromatic ring is 1. The standard InChI is InChI=1S/C12H18O2.C9H13N/c1-5-14-12-6-9(4)11(13)7-10(12)8(2)3;1-2-4-8-5-3-6-9(10)7-8/h6-8,13H,5H2,1-4H3;3,5-7H,2,4,10H2,1H3. The van der Waals surface area contributed by atoms with Crippen molar-refractivity contribution >= 4 is 5.69 Å². The minimum atomic E-state index is 0.345. The van der Waals surface area contributed by atoms with Gasteiger partial charge in [0.25, 0.3) is 0 Å². The van der Waals surface area contributed by atoms with E-state index < -0.39 is 0 Å². The molecular weight excluding hydrogens is 298 g/mol. The van der Waals surface area contributed by atoms with Crippen LogP contribution in [-0.2, 0) is 6.42 Å². The van der Waals surface area contributed by atoms with Gasteiger partial charge >= 0.3 is 0 Å². The molecule has 24 heavy (non-hydrogen) atoms. The quantitative estimate of drug-likeness (QED) is 0.718. The van der Waals surface area contributed by atoms with Gasteiger partial charge in [-0.05, 0) is 61.6 Å². The molecule has 2 aromatic carbocycles. The van der Waals surface area contributed by atoms with Crippen LogP contribution in [0.4, 0.5) is 5.69 Å². The highest BCUT2D eigenvalue weighted by Crippen LogP contribution is 2.32. The average molecular weight is 329 g/mol. The molecule has 0 atom stereocenters. The zero-order valence-corrected chi connectivity index (χ0v) is 15.6. The lowest BCUT2D eigenvalue weighted by Gasteiger charge is -2.14. The van der Waals surface area contributed by atoms with Crippen LogP contribution in [0, 0.1) is 6.92 Å². The largest absolute Gasteiger partial charge is 0.508 e. The molecule has 0 amide bonds. The Labute approximate surface area is 146 Å². The summed E-state index contributed by atoms with van der Waals surface area (Å²) in [6.07, 6.45) is 2.31. The Morgan fingerprint density at radius 3 is 2.38 bits per heavy atom. The highest BCUT2D eigenvalue weighted by Gasteiger charge is 2.10. The molecule has 3 nitrogen and oxygen atoms in total. The van der Waals surface area contributed by atoms with Crippen molar-refractivity contribution in [3.8, 4) is 11.5 Å². The van der Waals surface area contributed by atoms with Crippen LogP contribution in [0.5, 0.6) is 11.5 Å². The van der Waals surface area contributed by atoms with Crippen LogP contribution < -0.4 is 10.5 Å². The lowest BCUT2D eigenvalue weighted by molar-refractivity contribution is 0.334. The maximum atomic E-state index is 9.59. The number of hydrogen-bond donors (Lipinski definition) is 2. The SMILES string of the molecule is CCCc1cccc(N)c1.CCOc1cc(C)c(O)cc1C(C)C. The van der Waals surface area contributed by atoms with Crippen LogP contribution in [0.15, 0.2) is 36.4 Å². The van der Waals surface area contributed by atoms with Crippen molar-refractivity contribution < 1.29 is 9.84 Å². The Bertz CT molecular complexity index is 636. The first kappa shape index (κ1) is 19.9. The zero-order valence-electron chi connectivity index (χ0n) is 15.6. The van der Waals surface area contributed by atoms with E-state index >= 15 is 0 Å². The van der Waals surface area contributed by atoms with Gasteiger partial charge < -0.3 is 15.6 Å². The van der Waals surface area contributed by atoms with Crippen LogP contribution in [0.25, 0.3) is 0 Å². The predicted molar refractivity (Wildman–Crippen MR) is 103 cm³/mol. The third kappa shape index (κ3) is 6.15. The van der Waals surface area contributed by atoms with E-state index in [1.54, 1.807) is 6.07 Å². The summed E-state index contributed by atoms with van der Waals surface area (Å²) in [5.74, 6) is 1.60. The van der Waals surface area contributed by atoms with Gasteiger partial charge in [-0.1, -0.05) is 39.3 Å². The highest BCUT2D eigenvalue weighted by molar-refractivity contribution is 5.46. The first-order valence-electron chi connectivity index (χ1n) is 8.69. The number of ether oxygens (including phenoxy) is 1. The van der Waals surface area contributed by atoms with Crippen molar-refractivity contribution in [2.45, 2.75) is 53.4 Å². The van der Waals surface area contributed by atoms with E-state index in [2.05, 4.69) is 26.8 Å². The molecule has 0 aliphatic heterocycles.